The second-order valence-corrected chi connectivity index (χ2v) is 3.09. The fourth-order valence-corrected chi connectivity index (χ4v) is 1.55. The van der Waals surface area contributed by atoms with Crippen LogP contribution < -0.4 is 11.3 Å². The van der Waals surface area contributed by atoms with Gasteiger partial charge >= 0.3 is 6.03 Å². The number of urea groups is 1. The number of carbonyl (C=O) groups excluding carboxylic acids is 1. The highest BCUT2D eigenvalue weighted by Gasteiger charge is 2.21. The van der Waals surface area contributed by atoms with Crippen LogP contribution in [-0.4, -0.2) is 36.7 Å². The highest BCUT2D eigenvalue weighted by atomic mass is 16.5. The van der Waals surface area contributed by atoms with Gasteiger partial charge in [0.2, 0.25) is 0 Å². The first-order chi connectivity index (χ1) is 6.27. The second-order valence-electron chi connectivity index (χ2n) is 3.09. The van der Waals surface area contributed by atoms with Crippen molar-refractivity contribution in [2.75, 3.05) is 19.7 Å². The first-order valence-electron chi connectivity index (χ1n) is 4.65. The molecular formula is C8H17N3O2. The molecule has 1 aliphatic heterocycles. The van der Waals surface area contributed by atoms with Crippen molar-refractivity contribution in [3.8, 4) is 0 Å². The lowest BCUT2D eigenvalue weighted by atomic mass is 10.1. The molecule has 0 spiro atoms. The molecule has 0 bridgehead atoms. The number of amides is 2. The first kappa shape index (κ1) is 10.3. The van der Waals surface area contributed by atoms with E-state index >= 15 is 0 Å². The molecule has 13 heavy (non-hydrogen) atoms. The zero-order chi connectivity index (χ0) is 9.68. The van der Waals surface area contributed by atoms with Crippen molar-refractivity contribution < 1.29 is 9.53 Å². The van der Waals surface area contributed by atoms with Gasteiger partial charge in [0.05, 0.1) is 6.10 Å². The van der Waals surface area contributed by atoms with Gasteiger partial charge < -0.3 is 9.64 Å². The molecule has 2 amide bonds. The lowest BCUT2D eigenvalue weighted by Gasteiger charge is -2.31. The van der Waals surface area contributed by atoms with Crippen LogP contribution in [-0.2, 0) is 4.74 Å². The number of rotatable bonds is 2. The second kappa shape index (κ2) is 5.04. The lowest BCUT2D eigenvalue weighted by molar-refractivity contribution is 0.0220. The van der Waals surface area contributed by atoms with Gasteiger partial charge in [0.25, 0.3) is 0 Å². The van der Waals surface area contributed by atoms with Crippen LogP contribution in [0.25, 0.3) is 0 Å². The van der Waals surface area contributed by atoms with E-state index in [0.29, 0.717) is 6.10 Å². The van der Waals surface area contributed by atoms with Gasteiger partial charge in [-0.2, -0.15) is 0 Å². The molecule has 3 N–H and O–H groups in total. The van der Waals surface area contributed by atoms with E-state index in [1.165, 1.54) is 0 Å². The number of nitrogens with two attached hydrogens (primary N) is 1. The summed E-state index contributed by atoms with van der Waals surface area (Å²) in [5.41, 5.74) is 2.13. The summed E-state index contributed by atoms with van der Waals surface area (Å²) in [5, 5.41) is 0. The van der Waals surface area contributed by atoms with E-state index in [1.54, 1.807) is 4.90 Å². The van der Waals surface area contributed by atoms with Gasteiger partial charge in [0.1, 0.15) is 0 Å². The van der Waals surface area contributed by atoms with Crippen molar-refractivity contribution in [2.24, 2.45) is 5.84 Å². The van der Waals surface area contributed by atoms with Crippen LogP contribution in [0.5, 0.6) is 0 Å². The molecule has 0 atom stereocenters. The molecule has 5 heteroatoms. The molecule has 1 saturated heterocycles. The normalized spacial score (nSPS) is 18.8. The van der Waals surface area contributed by atoms with Crippen LogP contribution >= 0.6 is 0 Å². The Balaban J connectivity index is 2.26. The van der Waals surface area contributed by atoms with Gasteiger partial charge in [-0.15, -0.1) is 0 Å². The molecule has 76 valence electrons. The fraction of sp³-hybridized carbons (Fsp3) is 0.875. The summed E-state index contributed by atoms with van der Waals surface area (Å²) in [7, 11) is 0. The summed E-state index contributed by atoms with van der Waals surface area (Å²) in [6.07, 6.45) is 2.12. The predicted molar refractivity (Wildman–Crippen MR) is 48.9 cm³/mol. The van der Waals surface area contributed by atoms with Crippen molar-refractivity contribution >= 4 is 6.03 Å². The van der Waals surface area contributed by atoms with Gasteiger partial charge in [-0.1, -0.05) is 0 Å². The monoisotopic (exact) mass is 187 g/mol. The minimum Gasteiger partial charge on any atom is -0.378 e. The number of hydrazine groups is 1. The summed E-state index contributed by atoms with van der Waals surface area (Å²) in [6.45, 7) is 4.19. The summed E-state index contributed by atoms with van der Waals surface area (Å²) in [4.78, 5) is 12.8. The molecule has 1 heterocycles. The highest BCUT2D eigenvalue weighted by molar-refractivity contribution is 5.73. The number of hydrogen-bond donors (Lipinski definition) is 2. The van der Waals surface area contributed by atoms with Crippen molar-refractivity contribution in [2.45, 2.75) is 25.9 Å². The summed E-state index contributed by atoms with van der Waals surface area (Å²) < 4.78 is 5.45. The quantitative estimate of drug-likeness (QED) is 0.365. The topological polar surface area (TPSA) is 67.6 Å². The molecule has 0 aromatic heterocycles. The van der Waals surface area contributed by atoms with Crippen molar-refractivity contribution in [1.29, 1.82) is 0 Å². The van der Waals surface area contributed by atoms with Gasteiger partial charge in [0.15, 0.2) is 0 Å². The standard InChI is InChI=1S/C8H17N3O2/c1-2-13-7-3-5-11(6-4-7)8(12)10-9/h7H,2-6,9H2,1H3,(H,10,12). The van der Waals surface area contributed by atoms with E-state index in [-0.39, 0.29) is 6.03 Å². The molecule has 0 aromatic rings. The average Bonchev–Trinajstić information content (AvgIpc) is 2.18. The molecule has 0 saturated carbocycles. The number of nitrogens with zero attached hydrogens (tertiary/aromatic N) is 1. The Morgan fingerprint density at radius 1 is 1.62 bits per heavy atom. The Hall–Kier alpha value is -0.810. The number of carbonyl (C=O) groups is 1. The van der Waals surface area contributed by atoms with Gasteiger partial charge in [-0.25, -0.2) is 10.6 Å². The van der Waals surface area contributed by atoms with Crippen LogP contribution in [0.1, 0.15) is 19.8 Å². The number of nitrogens with one attached hydrogen (secondary N) is 1. The molecule has 0 unspecified atom stereocenters. The Labute approximate surface area is 78.2 Å². The fourth-order valence-electron chi connectivity index (χ4n) is 1.55. The zero-order valence-corrected chi connectivity index (χ0v) is 7.95. The maximum atomic E-state index is 11.1. The highest BCUT2D eigenvalue weighted by Crippen LogP contribution is 2.13. The molecule has 1 rings (SSSR count). The van der Waals surface area contributed by atoms with E-state index in [9.17, 15) is 4.79 Å². The smallest absolute Gasteiger partial charge is 0.331 e. The van der Waals surface area contributed by atoms with Crippen molar-refractivity contribution in [3.05, 3.63) is 0 Å². The van der Waals surface area contributed by atoms with E-state index in [2.05, 4.69) is 5.43 Å². The summed E-state index contributed by atoms with van der Waals surface area (Å²) >= 11 is 0. The molecule has 1 aliphatic rings. The van der Waals surface area contributed by atoms with Crippen LogP contribution in [0.15, 0.2) is 0 Å². The summed E-state index contributed by atoms with van der Waals surface area (Å²) in [5.74, 6) is 5.02. The zero-order valence-electron chi connectivity index (χ0n) is 7.95. The van der Waals surface area contributed by atoms with Gasteiger partial charge in [-0.3, -0.25) is 5.43 Å². The Morgan fingerprint density at radius 3 is 2.69 bits per heavy atom. The van der Waals surface area contributed by atoms with Gasteiger partial charge in [0, 0.05) is 19.7 Å². The van der Waals surface area contributed by atoms with E-state index in [0.717, 1.165) is 32.5 Å². The average molecular weight is 187 g/mol. The lowest BCUT2D eigenvalue weighted by Crippen LogP contribution is -2.48. The Bertz CT molecular complexity index is 167. The molecular weight excluding hydrogens is 170 g/mol. The number of likely N-dealkylation sites (tertiary alicyclic amines) is 1. The van der Waals surface area contributed by atoms with Crippen molar-refractivity contribution in [1.82, 2.24) is 10.3 Å². The molecule has 1 fully saturated rings. The third-order valence-electron chi connectivity index (χ3n) is 2.26. The minimum atomic E-state index is -0.199. The van der Waals surface area contributed by atoms with Crippen LogP contribution in [0, 0.1) is 0 Å². The Kier molecular flexibility index (Phi) is 3.98. The van der Waals surface area contributed by atoms with Crippen LogP contribution in [0.3, 0.4) is 0 Å². The maximum absolute atomic E-state index is 11.1. The molecule has 0 aromatic carbocycles. The van der Waals surface area contributed by atoms with E-state index in [1.807, 2.05) is 6.92 Å². The third-order valence-corrected chi connectivity index (χ3v) is 2.26. The third kappa shape index (κ3) is 2.86. The molecule has 5 nitrogen and oxygen atoms in total. The van der Waals surface area contributed by atoms with Crippen LogP contribution in [0.2, 0.25) is 0 Å². The number of ether oxygens (including phenoxy) is 1. The number of piperidine rings is 1. The first-order valence-corrected chi connectivity index (χ1v) is 4.65. The van der Waals surface area contributed by atoms with Gasteiger partial charge in [-0.05, 0) is 19.8 Å². The SMILES string of the molecule is CCOC1CCN(C(=O)NN)CC1. The van der Waals surface area contributed by atoms with E-state index in [4.69, 9.17) is 10.6 Å². The number of hydrogen-bond acceptors (Lipinski definition) is 3. The van der Waals surface area contributed by atoms with Crippen LogP contribution in [0.4, 0.5) is 4.79 Å². The van der Waals surface area contributed by atoms with E-state index < -0.39 is 0 Å². The molecule has 0 radical (unpaired) electrons. The van der Waals surface area contributed by atoms with Crippen molar-refractivity contribution in [3.63, 3.8) is 0 Å². The minimum absolute atomic E-state index is 0.199. The molecule has 0 aliphatic carbocycles. The predicted octanol–water partition coefficient (Wildman–Crippen LogP) is 0.0706. The largest absolute Gasteiger partial charge is 0.378 e. The summed E-state index contributed by atoms with van der Waals surface area (Å²) in [6, 6.07) is -0.199. The Morgan fingerprint density at radius 2 is 2.23 bits per heavy atom. The maximum Gasteiger partial charge on any atom is 0.331 e.